The fourth-order valence-corrected chi connectivity index (χ4v) is 4.40. The van der Waals surface area contributed by atoms with Gasteiger partial charge in [-0.15, -0.1) is 0 Å². The van der Waals surface area contributed by atoms with E-state index in [1.807, 2.05) is 66.4 Å². The Morgan fingerprint density at radius 3 is 2.53 bits per heavy atom. The van der Waals surface area contributed by atoms with Crippen LogP contribution in [0.2, 0.25) is 0 Å². The van der Waals surface area contributed by atoms with Gasteiger partial charge in [0.05, 0.1) is 24.1 Å². The van der Waals surface area contributed by atoms with E-state index in [2.05, 4.69) is 17.1 Å². The summed E-state index contributed by atoms with van der Waals surface area (Å²) >= 11 is 0. The van der Waals surface area contributed by atoms with Gasteiger partial charge in [0.25, 0.3) is 11.8 Å². The van der Waals surface area contributed by atoms with Gasteiger partial charge in [0, 0.05) is 30.9 Å². The highest BCUT2D eigenvalue weighted by Gasteiger charge is 2.25. The third kappa shape index (κ3) is 5.50. The van der Waals surface area contributed by atoms with Crippen LogP contribution in [0.5, 0.6) is 0 Å². The second-order valence-electron chi connectivity index (χ2n) is 8.85. The lowest BCUT2D eigenvalue weighted by Gasteiger charge is -2.28. The zero-order valence-corrected chi connectivity index (χ0v) is 20.0. The number of unbranched alkanes of at least 4 members (excludes halogenated alkanes) is 1. The zero-order valence-electron chi connectivity index (χ0n) is 20.0. The average molecular weight is 460 g/mol. The van der Waals surface area contributed by atoms with E-state index in [4.69, 9.17) is 4.42 Å². The molecule has 6 heteroatoms. The van der Waals surface area contributed by atoms with Crippen molar-refractivity contribution in [2.24, 2.45) is 0 Å². The van der Waals surface area contributed by atoms with Gasteiger partial charge in [-0.25, -0.2) is 0 Å². The highest BCUT2D eigenvalue weighted by molar-refractivity contribution is 6.07. The standard InChI is InChI=1S/C28H33N3O3/c1-3-4-15-31(20-23-11-9-18-34-23)26-14-13-22(19-25(26)28(33)30-16-7-8-17-30)29-27(32)24-12-6-5-10-21(24)2/h5-6,9-14,18-19H,3-4,7-8,15-17,20H2,1-2H3,(H,29,32). The molecule has 0 unspecified atom stereocenters. The minimum atomic E-state index is -0.177. The second kappa shape index (κ2) is 11.1. The van der Waals surface area contributed by atoms with Crippen LogP contribution in [0.15, 0.2) is 65.3 Å². The predicted molar refractivity (Wildman–Crippen MR) is 135 cm³/mol. The van der Waals surface area contributed by atoms with Crippen molar-refractivity contribution in [3.8, 4) is 0 Å². The van der Waals surface area contributed by atoms with Crippen molar-refractivity contribution in [3.05, 3.63) is 83.3 Å². The summed E-state index contributed by atoms with van der Waals surface area (Å²) in [6.45, 7) is 7.01. The molecule has 6 nitrogen and oxygen atoms in total. The van der Waals surface area contributed by atoms with Crippen LogP contribution in [-0.2, 0) is 6.54 Å². The topological polar surface area (TPSA) is 65.8 Å². The van der Waals surface area contributed by atoms with E-state index in [0.29, 0.717) is 23.4 Å². The highest BCUT2D eigenvalue weighted by atomic mass is 16.3. The number of rotatable bonds is 9. The molecule has 1 N–H and O–H groups in total. The Balaban J connectivity index is 1.67. The number of aryl methyl sites for hydroxylation is 1. The molecule has 0 bridgehead atoms. The first kappa shape index (κ1) is 23.6. The van der Waals surface area contributed by atoms with Crippen molar-refractivity contribution in [3.63, 3.8) is 0 Å². The maximum Gasteiger partial charge on any atom is 0.256 e. The van der Waals surface area contributed by atoms with Crippen molar-refractivity contribution in [2.75, 3.05) is 29.9 Å². The summed E-state index contributed by atoms with van der Waals surface area (Å²) in [7, 11) is 0. The van der Waals surface area contributed by atoms with Gasteiger partial charge in [-0.3, -0.25) is 9.59 Å². The van der Waals surface area contributed by atoms with Crippen LogP contribution >= 0.6 is 0 Å². The molecule has 0 spiro atoms. The largest absolute Gasteiger partial charge is 0.467 e. The normalized spacial score (nSPS) is 13.2. The Kier molecular flexibility index (Phi) is 7.68. The number of nitrogens with zero attached hydrogens (tertiary/aromatic N) is 2. The third-order valence-corrected chi connectivity index (χ3v) is 6.32. The number of hydrogen-bond donors (Lipinski definition) is 1. The number of hydrogen-bond acceptors (Lipinski definition) is 4. The Bertz CT molecular complexity index is 1120. The Hall–Kier alpha value is -3.54. The van der Waals surface area contributed by atoms with Crippen LogP contribution in [0.4, 0.5) is 11.4 Å². The average Bonchev–Trinajstić information content (AvgIpc) is 3.56. The molecule has 1 fully saturated rings. The fourth-order valence-electron chi connectivity index (χ4n) is 4.40. The summed E-state index contributed by atoms with van der Waals surface area (Å²) in [6.07, 6.45) is 5.78. The van der Waals surface area contributed by atoms with Gasteiger partial charge in [0.1, 0.15) is 5.76 Å². The summed E-state index contributed by atoms with van der Waals surface area (Å²) in [5.41, 5.74) is 3.64. The molecule has 4 rings (SSSR count). The van der Waals surface area contributed by atoms with Crippen LogP contribution in [-0.4, -0.2) is 36.3 Å². The van der Waals surface area contributed by atoms with Gasteiger partial charge in [0.15, 0.2) is 0 Å². The summed E-state index contributed by atoms with van der Waals surface area (Å²) < 4.78 is 5.61. The molecule has 1 aliphatic rings. The smallest absolute Gasteiger partial charge is 0.256 e. The van der Waals surface area contributed by atoms with Crippen LogP contribution in [0.1, 0.15) is 64.6 Å². The second-order valence-corrected chi connectivity index (χ2v) is 8.85. The number of carbonyl (C=O) groups excluding carboxylic acids is 2. The summed E-state index contributed by atoms with van der Waals surface area (Å²) in [6, 6.07) is 17.0. The van der Waals surface area contributed by atoms with Gasteiger partial charge in [-0.2, -0.15) is 0 Å². The Labute approximate surface area is 201 Å². The Morgan fingerprint density at radius 2 is 1.82 bits per heavy atom. The van der Waals surface area contributed by atoms with Crippen LogP contribution < -0.4 is 10.2 Å². The molecule has 2 amide bonds. The van der Waals surface area contributed by atoms with E-state index in [1.54, 1.807) is 6.26 Å². The molecule has 0 atom stereocenters. The maximum atomic E-state index is 13.6. The SMILES string of the molecule is CCCCN(Cc1ccco1)c1ccc(NC(=O)c2ccccc2C)cc1C(=O)N1CCCC1. The van der Waals surface area contributed by atoms with Crippen LogP contribution in [0.3, 0.4) is 0 Å². The molecule has 178 valence electrons. The molecular formula is C28H33N3O3. The van der Waals surface area contributed by atoms with Crippen molar-refractivity contribution in [1.82, 2.24) is 4.90 Å². The summed E-state index contributed by atoms with van der Waals surface area (Å²) in [5.74, 6) is 0.692. The van der Waals surface area contributed by atoms with Crippen LogP contribution in [0.25, 0.3) is 0 Å². The first-order valence-corrected chi connectivity index (χ1v) is 12.1. The monoisotopic (exact) mass is 459 g/mol. The van der Waals surface area contributed by atoms with E-state index in [0.717, 1.165) is 62.3 Å². The number of benzene rings is 2. The van der Waals surface area contributed by atoms with Gasteiger partial charge in [-0.1, -0.05) is 31.5 Å². The fraction of sp³-hybridized carbons (Fsp3) is 0.357. The summed E-state index contributed by atoms with van der Waals surface area (Å²) in [5, 5.41) is 2.99. The predicted octanol–water partition coefficient (Wildman–Crippen LogP) is 5.88. The molecule has 3 aromatic rings. The van der Waals surface area contributed by atoms with Crippen molar-refractivity contribution >= 4 is 23.2 Å². The van der Waals surface area contributed by atoms with Gasteiger partial charge in [-0.05, 0) is 68.1 Å². The molecule has 0 aliphatic carbocycles. The van der Waals surface area contributed by atoms with E-state index < -0.39 is 0 Å². The molecule has 0 saturated carbocycles. The van der Waals surface area contributed by atoms with Crippen molar-refractivity contribution in [1.29, 1.82) is 0 Å². The molecule has 2 aromatic carbocycles. The van der Waals surface area contributed by atoms with Crippen molar-refractivity contribution in [2.45, 2.75) is 46.1 Å². The zero-order chi connectivity index (χ0) is 23.9. The molecule has 1 aromatic heterocycles. The Morgan fingerprint density at radius 1 is 1.03 bits per heavy atom. The van der Waals surface area contributed by atoms with Crippen LogP contribution in [0, 0.1) is 6.92 Å². The van der Waals surface area contributed by atoms with E-state index in [9.17, 15) is 9.59 Å². The minimum absolute atomic E-state index is 0.0143. The molecule has 0 radical (unpaired) electrons. The quantitative estimate of drug-likeness (QED) is 0.434. The molecule has 34 heavy (non-hydrogen) atoms. The highest BCUT2D eigenvalue weighted by Crippen LogP contribution is 2.29. The lowest BCUT2D eigenvalue weighted by molar-refractivity contribution is 0.0793. The summed E-state index contributed by atoms with van der Waals surface area (Å²) in [4.78, 5) is 30.6. The minimum Gasteiger partial charge on any atom is -0.467 e. The lowest BCUT2D eigenvalue weighted by atomic mass is 10.1. The number of likely N-dealkylation sites (tertiary alicyclic amines) is 1. The lowest BCUT2D eigenvalue weighted by Crippen LogP contribution is -2.31. The molecule has 1 saturated heterocycles. The molecule has 2 heterocycles. The van der Waals surface area contributed by atoms with E-state index in [-0.39, 0.29) is 11.8 Å². The first-order chi connectivity index (χ1) is 16.6. The number of anilines is 2. The first-order valence-electron chi connectivity index (χ1n) is 12.1. The number of carbonyl (C=O) groups is 2. The maximum absolute atomic E-state index is 13.6. The number of amides is 2. The molecular weight excluding hydrogens is 426 g/mol. The molecule has 1 aliphatic heterocycles. The van der Waals surface area contributed by atoms with Crippen molar-refractivity contribution < 1.29 is 14.0 Å². The number of furan rings is 1. The van der Waals surface area contributed by atoms with Gasteiger partial charge < -0.3 is 19.5 Å². The van der Waals surface area contributed by atoms with E-state index >= 15 is 0 Å². The number of nitrogens with one attached hydrogen (secondary N) is 1. The third-order valence-electron chi connectivity index (χ3n) is 6.32. The van der Waals surface area contributed by atoms with E-state index in [1.165, 1.54) is 0 Å². The van der Waals surface area contributed by atoms with Gasteiger partial charge in [0.2, 0.25) is 0 Å². The van der Waals surface area contributed by atoms with Gasteiger partial charge >= 0.3 is 0 Å².